The van der Waals surface area contributed by atoms with Crippen molar-refractivity contribution in [2.75, 3.05) is 7.05 Å². The molecule has 0 aromatic carbocycles. The average Bonchev–Trinajstić information content (AvgIpc) is 3.10. The molecule has 0 N–H and O–H groups in total. The number of hydrogen-bond acceptors (Lipinski definition) is 4. The minimum Gasteiger partial charge on any atom is -0.337 e. The zero-order valence-corrected chi connectivity index (χ0v) is 15.5. The monoisotopic (exact) mass is 342 g/mol. The molecule has 3 aromatic heterocycles. The Labute approximate surface area is 146 Å². The first-order valence-electron chi connectivity index (χ1n) is 7.99. The fourth-order valence-electron chi connectivity index (χ4n) is 2.94. The predicted octanol–water partition coefficient (Wildman–Crippen LogP) is 3.48. The van der Waals surface area contributed by atoms with Crippen molar-refractivity contribution in [2.45, 2.75) is 40.2 Å². The Morgan fingerprint density at radius 1 is 1.38 bits per heavy atom. The number of nitrogens with zero attached hydrogens (tertiary/aromatic N) is 4. The predicted molar refractivity (Wildman–Crippen MR) is 96.4 cm³/mol. The molecule has 24 heavy (non-hydrogen) atoms. The Bertz CT molecular complexity index is 896. The zero-order valence-electron chi connectivity index (χ0n) is 14.7. The van der Waals surface area contributed by atoms with Crippen molar-refractivity contribution in [1.29, 1.82) is 0 Å². The third-order valence-electron chi connectivity index (χ3n) is 4.45. The average molecular weight is 342 g/mol. The van der Waals surface area contributed by atoms with Gasteiger partial charge >= 0.3 is 0 Å². The van der Waals surface area contributed by atoms with E-state index in [1.54, 1.807) is 22.4 Å². The maximum Gasteiger partial charge on any atom is 0.228 e. The van der Waals surface area contributed by atoms with Gasteiger partial charge in [0.2, 0.25) is 5.91 Å². The van der Waals surface area contributed by atoms with Gasteiger partial charge in [0.1, 0.15) is 5.65 Å². The minimum absolute atomic E-state index is 0.0385. The quantitative estimate of drug-likeness (QED) is 0.729. The van der Waals surface area contributed by atoms with Crippen molar-refractivity contribution in [2.24, 2.45) is 0 Å². The number of rotatable bonds is 4. The van der Waals surface area contributed by atoms with Crippen LogP contribution >= 0.6 is 11.3 Å². The van der Waals surface area contributed by atoms with Gasteiger partial charge in [0, 0.05) is 24.3 Å². The summed E-state index contributed by atoms with van der Waals surface area (Å²) >= 11 is 1.67. The van der Waals surface area contributed by atoms with Gasteiger partial charge in [-0.2, -0.15) is 0 Å². The second kappa shape index (κ2) is 6.36. The molecular formula is C18H22N4OS. The molecule has 1 amide bonds. The van der Waals surface area contributed by atoms with Gasteiger partial charge in [0.25, 0.3) is 0 Å². The van der Waals surface area contributed by atoms with Crippen molar-refractivity contribution in [1.82, 2.24) is 19.3 Å². The number of carbonyl (C=O) groups is 1. The molecule has 0 aliphatic rings. The number of thiazole rings is 1. The minimum atomic E-state index is -0.0385. The van der Waals surface area contributed by atoms with Crippen LogP contribution in [0.2, 0.25) is 0 Å². The molecule has 3 aromatic rings. The highest BCUT2D eigenvalue weighted by Crippen LogP contribution is 2.26. The molecule has 0 bridgehead atoms. The maximum absolute atomic E-state index is 12.7. The molecule has 0 fully saturated rings. The summed E-state index contributed by atoms with van der Waals surface area (Å²) in [7, 11) is 1.84. The molecule has 1 atom stereocenters. The Hall–Kier alpha value is -2.21. The Morgan fingerprint density at radius 3 is 2.79 bits per heavy atom. The van der Waals surface area contributed by atoms with Crippen LogP contribution in [0.4, 0.5) is 0 Å². The standard InChI is InChI=1S/C18H22N4OS/c1-11-7-6-8-22-15(10-19-18(11)22)9-16(23)21(5)12(2)17-13(3)24-14(4)20-17/h6-8,10,12H,9H2,1-5H3. The number of imidazole rings is 1. The van der Waals surface area contributed by atoms with Crippen LogP contribution in [0.3, 0.4) is 0 Å². The maximum atomic E-state index is 12.7. The third kappa shape index (κ3) is 2.94. The summed E-state index contributed by atoms with van der Waals surface area (Å²) in [6.45, 7) is 8.10. The summed E-state index contributed by atoms with van der Waals surface area (Å²) in [5.74, 6) is 0.0656. The summed E-state index contributed by atoms with van der Waals surface area (Å²) < 4.78 is 1.99. The molecule has 0 aliphatic heterocycles. The number of aryl methyl sites for hydroxylation is 3. The number of hydrogen-bond donors (Lipinski definition) is 0. The van der Waals surface area contributed by atoms with Crippen LogP contribution in [0.25, 0.3) is 5.65 Å². The molecule has 1 unspecified atom stereocenters. The number of carbonyl (C=O) groups excluding carboxylic acids is 1. The fraction of sp³-hybridized carbons (Fsp3) is 0.389. The Morgan fingerprint density at radius 2 is 2.12 bits per heavy atom. The van der Waals surface area contributed by atoms with Crippen molar-refractivity contribution in [3.8, 4) is 0 Å². The van der Waals surface area contributed by atoms with E-state index < -0.39 is 0 Å². The van der Waals surface area contributed by atoms with E-state index in [2.05, 4.69) is 16.9 Å². The molecule has 0 spiro atoms. The number of likely N-dealkylation sites (N-methyl/N-ethyl adjacent to an activating group) is 1. The van der Waals surface area contributed by atoms with Crippen LogP contribution in [0.5, 0.6) is 0 Å². The molecule has 6 heteroatoms. The van der Waals surface area contributed by atoms with E-state index in [1.165, 1.54) is 4.88 Å². The van der Waals surface area contributed by atoms with Gasteiger partial charge < -0.3 is 9.30 Å². The molecule has 3 heterocycles. The van der Waals surface area contributed by atoms with Crippen molar-refractivity contribution in [3.05, 3.63) is 51.4 Å². The van der Waals surface area contributed by atoms with Crippen molar-refractivity contribution < 1.29 is 4.79 Å². The summed E-state index contributed by atoms with van der Waals surface area (Å²) in [5.41, 5.74) is 3.90. The van der Waals surface area contributed by atoms with Crippen LogP contribution in [0.15, 0.2) is 24.5 Å². The van der Waals surface area contributed by atoms with E-state index in [-0.39, 0.29) is 11.9 Å². The fourth-order valence-corrected chi connectivity index (χ4v) is 3.85. The van der Waals surface area contributed by atoms with Crippen molar-refractivity contribution >= 4 is 22.9 Å². The van der Waals surface area contributed by atoms with Gasteiger partial charge in [0.05, 0.1) is 28.9 Å². The summed E-state index contributed by atoms with van der Waals surface area (Å²) in [6.07, 6.45) is 4.07. The van der Waals surface area contributed by atoms with Crippen LogP contribution in [0.1, 0.15) is 39.8 Å². The highest BCUT2D eigenvalue weighted by molar-refractivity contribution is 7.11. The van der Waals surface area contributed by atoms with E-state index in [4.69, 9.17) is 0 Å². The molecule has 3 rings (SSSR count). The van der Waals surface area contributed by atoms with E-state index in [0.717, 1.165) is 27.6 Å². The lowest BCUT2D eigenvalue weighted by atomic mass is 10.1. The highest BCUT2D eigenvalue weighted by atomic mass is 32.1. The number of fused-ring (bicyclic) bond motifs is 1. The van der Waals surface area contributed by atoms with Gasteiger partial charge in [-0.25, -0.2) is 9.97 Å². The Balaban J connectivity index is 1.81. The second-order valence-corrected chi connectivity index (χ2v) is 7.57. The Kier molecular flexibility index (Phi) is 4.41. The molecule has 126 valence electrons. The first-order chi connectivity index (χ1) is 11.4. The first-order valence-corrected chi connectivity index (χ1v) is 8.81. The van der Waals surface area contributed by atoms with Gasteiger partial charge in [-0.3, -0.25) is 4.79 Å². The normalized spacial score (nSPS) is 12.5. The topological polar surface area (TPSA) is 50.5 Å². The largest absolute Gasteiger partial charge is 0.337 e. The van der Waals surface area contributed by atoms with Crippen LogP contribution < -0.4 is 0 Å². The molecule has 0 aliphatic carbocycles. The zero-order chi connectivity index (χ0) is 17.4. The van der Waals surface area contributed by atoms with E-state index in [1.807, 2.05) is 50.5 Å². The van der Waals surface area contributed by atoms with E-state index >= 15 is 0 Å². The van der Waals surface area contributed by atoms with Gasteiger partial charge in [-0.1, -0.05) is 6.07 Å². The number of pyridine rings is 1. The van der Waals surface area contributed by atoms with Crippen LogP contribution in [-0.4, -0.2) is 32.2 Å². The van der Waals surface area contributed by atoms with E-state index in [9.17, 15) is 4.79 Å². The molecule has 5 nitrogen and oxygen atoms in total. The second-order valence-electron chi connectivity index (χ2n) is 6.17. The first kappa shape index (κ1) is 16.6. The van der Waals surface area contributed by atoms with Gasteiger partial charge in [0.15, 0.2) is 0 Å². The van der Waals surface area contributed by atoms with Gasteiger partial charge in [-0.05, 0) is 39.3 Å². The van der Waals surface area contributed by atoms with Gasteiger partial charge in [-0.15, -0.1) is 11.3 Å². The summed E-state index contributed by atoms with van der Waals surface area (Å²) in [5, 5.41) is 1.03. The lowest BCUT2D eigenvalue weighted by Gasteiger charge is -2.24. The van der Waals surface area contributed by atoms with Crippen LogP contribution in [0, 0.1) is 20.8 Å². The SMILES string of the molecule is Cc1nc(C(C)N(C)C(=O)Cc2cnc3c(C)cccn23)c(C)s1. The number of amides is 1. The third-order valence-corrected chi connectivity index (χ3v) is 5.35. The molecule has 0 radical (unpaired) electrons. The van der Waals surface area contributed by atoms with E-state index in [0.29, 0.717) is 6.42 Å². The molecule has 0 saturated heterocycles. The summed E-state index contributed by atoms with van der Waals surface area (Å²) in [4.78, 5) is 24.7. The highest BCUT2D eigenvalue weighted by Gasteiger charge is 2.22. The smallest absolute Gasteiger partial charge is 0.228 e. The number of aromatic nitrogens is 3. The van der Waals surface area contributed by atoms with Crippen molar-refractivity contribution in [3.63, 3.8) is 0 Å². The molecule has 0 saturated carbocycles. The lowest BCUT2D eigenvalue weighted by Crippen LogP contribution is -2.31. The molecular weight excluding hydrogens is 320 g/mol. The van der Waals surface area contributed by atoms with Crippen LogP contribution in [-0.2, 0) is 11.2 Å². The summed E-state index contributed by atoms with van der Waals surface area (Å²) in [6, 6.07) is 3.96. The lowest BCUT2D eigenvalue weighted by molar-refractivity contribution is -0.131.